The predicted octanol–water partition coefficient (Wildman–Crippen LogP) is 3.18. The van der Waals surface area contributed by atoms with Gasteiger partial charge in [-0.1, -0.05) is 6.07 Å². The van der Waals surface area contributed by atoms with Crippen LogP contribution in [0.25, 0.3) is 0 Å². The van der Waals surface area contributed by atoms with Gasteiger partial charge in [-0.05, 0) is 42.3 Å². The fourth-order valence-corrected chi connectivity index (χ4v) is 2.78. The van der Waals surface area contributed by atoms with Crippen molar-refractivity contribution in [1.82, 2.24) is 0 Å². The number of carboxylic acid groups (broad SMARTS) is 1. The van der Waals surface area contributed by atoms with Crippen molar-refractivity contribution in [2.75, 3.05) is 16.8 Å². The first kappa shape index (κ1) is 15.0. The molecule has 2 aromatic carbocycles. The van der Waals surface area contributed by atoms with E-state index >= 15 is 0 Å². The molecule has 0 atom stereocenters. The molecule has 6 heteroatoms. The van der Waals surface area contributed by atoms with Crippen molar-refractivity contribution >= 4 is 28.9 Å². The minimum atomic E-state index is -1.20. The Bertz CT molecular complexity index is 804. The Balaban J connectivity index is 1.94. The molecule has 1 aliphatic heterocycles. The Labute approximate surface area is 132 Å². The van der Waals surface area contributed by atoms with Crippen molar-refractivity contribution in [1.29, 1.82) is 0 Å². The van der Waals surface area contributed by atoms with Gasteiger partial charge in [0, 0.05) is 24.8 Å². The minimum Gasteiger partial charge on any atom is -0.478 e. The number of benzene rings is 2. The van der Waals surface area contributed by atoms with Crippen LogP contribution in [0, 0.1) is 5.82 Å². The molecule has 1 heterocycles. The van der Waals surface area contributed by atoms with Crippen LogP contribution in [0.15, 0.2) is 36.4 Å². The summed E-state index contributed by atoms with van der Waals surface area (Å²) in [6.45, 7) is 2.13. The van der Waals surface area contributed by atoms with Crippen molar-refractivity contribution < 1.29 is 19.1 Å². The van der Waals surface area contributed by atoms with Crippen LogP contribution in [-0.4, -0.2) is 23.5 Å². The van der Waals surface area contributed by atoms with Gasteiger partial charge in [0.25, 0.3) is 0 Å². The topological polar surface area (TPSA) is 69.6 Å². The first-order valence-corrected chi connectivity index (χ1v) is 7.17. The van der Waals surface area contributed by atoms with Gasteiger partial charge >= 0.3 is 5.97 Å². The Morgan fingerprint density at radius 1 is 1.26 bits per heavy atom. The molecule has 0 fully saturated rings. The van der Waals surface area contributed by atoms with E-state index in [0.29, 0.717) is 18.7 Å². The normalized spacial score (nSPS) is 12.9. The third kappa shape index (κ3) is 2.75. The fraction of sp³-hybridized carbons (Fsp3) is 0.176. The Morgan fingerprint density at radius 3 is 2.74 bits per heavy atom. The second kappa shape index (κ2) is 5.72. The van der Waals surface area contributed by atoms with Crippen LogP contribution < -0.4 is 10.2 Å². The van der Waals surface area contributed by atoms with Crippen molar-refractivity contribution in [3.63, 3.8) is 0 Å². The molecule has 0 radical (unpaired) electrons. The standard InChI is InChI=1S/C17H15FN2O3/c1-10(21)20-8-7-11-9-12(5-6-15(11)20)19-16-13(17(22)23)3-2-4-14(16)18/h2-6,9,19H,7-8H2,1H3,(H,22,23). The van der Waals surface area contributed by atoms with Gasteiger partial charge < -0.3 is 15.3 Å². The lowest BCUT2D eigenvalue weighted by Crippen LogP contribution is -2.25. The molecule has 0 unspecified atom stereocenters. The van der Waals surface area contributed by atoms with Crippen LogP contribution >= 0.6 is 0 Å². The molecular formula is C17H15FN2O3. The Hall–Kier alpha value is -2.89. The van der Waals surface area contributed by atoms with Crippen molar-refractivity contribution in [2.24, 2.45) is 0 Å². The average molecular weight is 314 g/mol. The lowest BCUT2D eigenvalue weighted by molar-refractivity contribution is -0.116. The lowest BCUT2D eigenvalue weighted by atomic mass is 10.1. The number of hydrogen-bond acceptors (Lipinski definition) is 3. The van der Waals surface area contributed by atoms with Gasteiger partial charge in [0.05, 0.1) is 11.3 Å². The number of para-hydroxylation sites is 1. The summed E-state index contributed by atoms with van der Waals surface area (Å²) >= 11 is 0. The van der Waals surface area contributed by atoms with E-state index in [1.807, 2.05) is 6.07 Å². The monoisotopic (exact) mass is 314 g/mol. The van der Waals surface area contributed by atoms with Gasteiger partial charge in [-0.25, -0.2) is 9.18 Å². The summed E-state index contributed by atoms with van der Waals surface area (Å²) in [7, 11) is 0. The number of nitrogens with zero attached hydrogens (tertiary/aromatic N) is 1. The van der Waals surface area contributed by atoms with E-state index in [4.69, 9.17) is 5.11 Å². The maximum atomic E-state index is 14.0. The number of hydrogen-bond donors (Lipinski definition) is 2. The SMILES string of the molecule is CC(=O)N1CCc2cc(Nc3c(F)cccc3C(=O)O)ccc21. The summed E-state index contributed by atoms with van der Waals surface area (Å²) in [5.41, 5.74) is 2.20. The molecule has 5 nitrogen and oxygen atoms in total. The molecule has 0 saturated carbocycles. The van der Waals surface area contributed by atoms with E-state index in [0.717, 1.165) is 11.3 Å². The van der Waals surface area contributed by atoms with E-state index in [-0.39, 0.29) is 17.2 Å². The number of halogens is 1. The average Bonchev–Trinajstić information content (AvgIpc) is 2.92. The summed E-state index contributed by atoms with van der Waals surface area (Å²) in [6, 6.07) is 9.22. The molecule has 0 aliphatic carbocycles. The quantitative estimate of drug-likeness (QED) is 0.913. The number of carbonyl (C=O) groups is 2. The highest BCUT2D eigenvalue weighted by Crippen LogP contribution is 2.32. The number of amides is 1. The van der Waals surface area contributed by atoms with Gasteiger partial charge in [-0.2, -0.15) is 0 Å². The first-order valence-electron chi connectivity index (χ1n) is 7.17. The van der Waals surface area contributed by atoms with Crippen molar-refractivity contribution in [3.8, 4) is 0 Å². The molecule has 0 spiro atoms. The summed E-state index contributed by atoms with van der Waals surface area (Å²) in [5.74, 6) is -1.85. The largest absolute Gasteiger partial charge is 0.478 e. The fourth-order valence-electron chi connectivity index (χ4n) is 2.78. The smallest absolute Gasteiger partial charge is 0.337 e. The van der Waals surface area contributed by atoms with E-state index < -0.39 is 11.8 Å². The van der Waals surface area contributed by atoms with Crippen LogP contribution in [0.1, 0.15) is 22.8 Å². The Morgan fingerprint density at radius 2 is 2.04 bits per heavy atom. The number of nitrogens with one attached hydrogen (secondary N) is 1. The maximum Gasteiger partial charge on any atom is 0.337 e. The highest BCUT2D eigenvalue weighted by molar-refractivity contribution is 5.96. The second-order valence-electron chi connectivity index (χ2n) is 5.36. The molecule has 0 saturated heterocycles. The summed E-state index contributed by atoms with van der Waals surface area (Å²) in [6.07, 6.45) is 0.716. The molecule has 3 rings (SSSR count). The molecule has 2 N–H and O–H groups in total. The summed E-state index contributed by atoms with van der Waals surface area (Å²) < 4.78 is 14.0. The number of rotatable bonds is 3. The minimum absolute atomic E-state index is 0.0215. The van der Waals surface area contributed by atoms with Gasteiger partial charge in [0.15, 0.2) is 0 Å². The van der Waals surface area contributed by atoms with Crippen LogP contribution in [0.2, 0.25) is 0 Å². The van der Waals surface area contributed by atoms with Crippen molar-refractivity contribution in [2.45, 2.75) is 13.3 Å². The molecule has 2 aromatic rings. The van der Waals surface area contributed by atoms with Crippen LogP contribution in [0.3, 0.4) is 0 Å². The van der Waals surface area contributed by atoms with Gasteiger partial charge in [-0.15, -0.1) is 0 Å². The zero-order valence-corrected chi connectivity index (χ0v) is 12.5. The highest BCUT2D eigenvalue weighted by atomic mass is 19.1. The summed E-state index contributed by atoms with van der Waals surface area (Å²) in [4.78, 5) is 24.4. The zero-order chi connectivity index (χ0) is 16.6. The predicted molar refractivity (Wildman–Crippen MR) is 84.8 cm³/mol. The third-order valence-electron chi connectivity index (χ3n) is 3.87. The molecule has 23 heavy (non-hydrogen) atoms. The number of carboxylic acids is 1. The van der Waals surface area contributed by atoms with E-state index in [1.54, 1.807) is 17.0 Å². The maximum absolute atomic E-state index is 14.0. The first-order chi connectivity index (χ1) is 11.0. The number of anilines is 3. The van der Waals surface area contributed by atoms with Gasteiger partial charge in [0.1, 0.15) is 5.82 Å². The summed E-state index contributed by atoms with van der Waals surface area (Å²) in [5, 5.41) is 12.0. The molecule has 118 valence electrons. The van der Waals surface area contributed by atoms with Crippen molar-refractivity contribution in [3.05, 3.63) is 53.3 Å². The van der Waals surface area contributed by atoms with Gasteiger partial charge in [-0.3, -0.25) is 4.79 Å². The number of carbonyl (C=O) groups excluding carboxylic acids is 1. The van der Waals surface area contributed by atoms with E-state index in [1.165, 1.54) is 25.1 Å². The molecular weight excluding hydrogens is 299 g/mol. The Kier molecular flexibility index (Phi) is 3.73. The highest BCUT2D eigenvalue weighted by Gasteiger charge is 2.22. The number of fused-ring (bicyclic) bond motifs is 1. The van der Waals surface area contributed by atoms with E-state index in [9.17, 15) is 14.0 Å². The molecule has 0 aromatic heterocycles. The van der Waals surface area contributed by atoms with E-state index in [2.05, 4.69) is 5.32 Å². The van der Waals surface area contributed by atoms with Crippen LogP contribution in [0.4, 0.5) is 21.5 Å². The van der Waals surface area contributed by atoms with Crippen LogP contribution in [0.5, 0.6) is 0 Å². The molecule has 1 aliphatic rings. The number of aromatic carboxylic acids is 1. The van der Waals surface area contributed by atoms with Gasteiger partial charge in [0.2, 0.25) is 5.91 Å². The zero-order valence-electron chi connectivity index (χ0n) is 12.5. The molecule has 1 amide bonds. The lowest BCUT2D eigenvalue weighted by Gasteiger charge is -2.16. The molecule has 0 bridgehead atoms. The third-order valence-corrected chi connectivity index (χ3v) is 3.87. The second-order valence-corrected chi connectivity index (χ2v) is 5.36. The van der Waals surface area contributed by atoms with Crippen LogP contribution in [-0.2, 0) is 11.2 Å².